The highest BCUT2D eigenvalue weighted by Gasteiger charge is 2.15. The summed E-state index contributed by atoms with van der Waals surface area (Å²) in [5.74, 6) is -0.0714. The van der Waals surface area contributed by atoms with Crippen molar-refractivity contribution in [1.82, 2.24) is 0 Å². The average Bonchev–Trinajstić information content (AvgIpc) is 2.41. The van der Waals surface area contributed by atoms with Gasteiger partial charge in [0.2, 0.25) is 0 Å². The zero-order valence-electron chi connectivity index (χ0n) is 10.6. The molecule has 104 valence electrons. The third-order valence-electron chi connectivity index (χ3n) is 2.83. The highest BCUT2D eigenvalue weighted by Crippen LogP contribution is 2.26. The first-order valence-corrected chi connectivity index (χ1v) is 6.99. The largest absolute Gasteiger partial charge is 0.496 e. The lowest BCUT2D eigenvalue weighted by atomic mass is 10.0. The van der Waals surface area contributed by atoms with E-state index in [4.69, 9.17) is 16.3 Å². The molecule has 2 aromatic carbocycles. The van der Waals surface area contributed by atoms with Crippen molar-refractivity contribution in [3.63, 3.8) is 0 Å². The van der Waals surface area contributed by atoms with Crippen LogP contribution in [0.15, 0.2) is 40.9 Å². The summed E-state index contributed by atoms with van der Waals surface area (Å²) in [6.45, 7) is 0. The second kappa shape index (κ2) is 6.37. The van der Waals surface area contributed by atoms with E-state index in [0.29, 0.717) is 16.9 Å². The van der Waals surface area contributed by atoms with Crippen LogP contribution in [0.4, 0.5) is 4.39 Å². The van der Waals surface area contributed by atoms with Gasteiger partial charge < -0.3 is 4.74 Å². The molecule has 0 saturated carbocycles. The quantitative estimate of drug-likeness (QED) is 0.743. The van der Waals surface area contributed by atoms with Crippen LogP contribution < -0.4 is 4.74 Å². The number of carbonyl (C=O) groups excluding carboxylic acids is 1. The molecule has 0 fully saturated rings. The van der Waals surface area contributed by atoms with Crippen molar-refractivity contribution in [2.24, 2.45) is 0 Å². The van der Waals surface area contributed by atoms with Crippen LogP contribution in [0.1, 0.15) is 15.9 Å². The maximum absolute atomic E-state index is 13.0. The van der Waals surface area contributed by atoms with E-state index >= 15 is 0 Å². The third-order valence-corrected chi connectivity index (χ3v) is 3.68. The first kappa shape index (κ1) is 15.0. The number of methoxy groups -OCH3 is 1. The molecule has 0 heterocycles. The molecule has 0 saturated heterocycles. The Bertz CT molecular complexity index is 658. The highest BCUT2D eigenvalue weighted by atomic mass is 79.9. The number of rotatable bonds is 4. The number of hydrogen-bond acceptors (Lipinski definition) is 2. The Hall–Kier alpha value is -1.39. The first-order valence-electron chi connectivity index (χ1n) is 5.82. The molecule has 20 heavy (non-hydrogen) atoms. The van der Waals surface area contributed by atoms with Crippen LogP contribution >= 0.6 is 27.5 Å². The summed E-state index contributed by atoms with van der Waals surface area (Å²) in [6.07, 6.45) is 0.0944. The van der Waals surface area contributed by atoms with Gasteiger partial charge in [-0.3, -0.25) is 4.79 Å². The van der Waals surface area contributed by atoms with Crippen LogP contribution in [-0.4, -0.2) is 12.9 Å². The van der Waals surface area contributed by atoms with E-state index in [-0.39, 0.29) is 17.2 Å². The zero-order valence-corrected chi connectivity index (χ0v) is 13.0. The van der Waals surface area contributed by atoms with Gasteiger partial charge in [0.15, 0.2) is 5.78 Å². The van der Waals surface area contributed by atoms with E-state index in [2.05, 4.69) is 15.9 Å². The molecule has 0 atom stereocenters. The van der Waals surface area contributed by atoms with Crippen LogP contribution in [0, 0.1) is 5.82 Å². The normalized spacial score (nSPS) is 10.4. The van der Waals surface area contributed by atoms with Crippen molar-refractivity contribution < 1.29 is 13.9 Å². The molecule has 2 aromatic rings. The summed E-state index contributed by atoms with van der Waals surface area (Å²) in [6, 6.07) is 9.17. The van der Waals surface area contributed by atoms with Crippen LogP contribution in [0.2, 0.25) is 5.02 Å². The van der Waals surface area contributed by atoms with Gasteiger partial charge in [0.25, 0.3) is 0 Å². The monoisotopic (exact) mass is 356 g/mol. The lowest BCUT2D eigenvalue weighted by Crippen LogP contribution is -2.06. The van der Waals surface area contributed by atoms with Crippen molar-refractivity contribution in [2.75, 3.05) is 7.11 Å². The standard InChI is InChI=1S/C15H11BrClFO2/c1-20-15-7-10(16)3-5-12(15)14(19)6-9-2-4-11(18)8-13(9)17/h2-5,7-8H,6H2,1H3. The van der Waals surface area contributed by atoms with E-state index in [1.54, 1.807) is 18.2 Å². The van der Waals surface area contributed by atoms with Gasteiger partial charge in [0, 0.05) is 15.9 Å². The van der Waals surface area contributed by atoms with Crippen molar-refractivity contribution in [2.45, 2.75) is 6.42 Å². The van der Waals surface area contributed by atoms with Crippen molar-refractivity contribution in [1.29, 1.82) is 0 Å². The number of carbonyl (C=O) groups is 1. The van der Waals surface area contributed by atoms with Crippen LogP contribution in [0.5, 0.6) is 5.75 Å². The number of ether oxygens (including phenoxy) is 1. The molecule has 0 N–H and O–H groups in total. The average molecular weight is 358 g/mol. The lowest BCUT2D eigenvalue weighted by molar-refractivity contribution is 0.0990. The summed E-state index contributed by atoms with van der Waals surface area (Å²) in [5, 5.41) is 0.245. The fourth-order valence-corrected chi connectivity index (χ4v) is 2.40. The Morgan fingerprint density at radius 3 is 2.70 bits per heavy atom. The van der Waals surface area contributed by atoms with Crippen LogP contribution in [-0.2, 0) is 6.42 Å². The minimum absolute atomic E-state index is 0.0944. The Labute approximate surface area is 129 Å². The number of benzene rings is 2. The molecule has 0 aliphatic rings. The molecule has 0 aromatic heterocycles. The number of halogens is 3. The predicted molar refractivity (Wildman–Crippen MR) is 80.1 cm³/mol. The predicted octanol–water partition coefficient (Wildman–Crippen LogP) is 4.68. The van der Waals surface area contributed by atoms with Gasteiger partial charge in [-0.2, -0.15) is 0 Å². The minimum atomic E-state index is -0.424. The van der Waals surface area contributed by atoms with Gasteiger partial charge in [-0.15, -0.1) is 0 Å². The van der Waals surface area contributed by atoms with Gasteiger partial charge in [0.05, 0.1) is 12.7 Å². The van der Waals surface area contributed by atoms with Gasteiger partial charge in [0.1, 0.15) is 11.6 Å². The summed E-state index contributed by atoms with van der Waals surface area (Å²) < 4.78 is 19.0. The summed E-state index contributed by atoms with van der Waals surface area (Å²) >= 11 is 9.25. The second-order valence-electron chi connectivity index (χ2n) is 4.18. The third kappa shape index (κ3) is 3.38. The summed E-state index contributed by atoms with van der Waals surface area (Å²) in [7, 11) is 1.50. The molecule has 2 rings (SSSR count). The van der Waals surface area contributed by atoms with Crippen LogP contribution in [0.25, 0.3) is 0 Å². The molecule has 0 bridgehead atoms. The molecule has 0 aliphatic carbocycles. The molecule has 0 spiro atoms. The molecule has 0 aliphatic heterocycles. The number of ketones is 1. The molecule has 0 radical (unpaired) electrons. The van der Waals surface area contributed by atoms with E-state index < -0.39 is 5.82 Å². The topological polar surface area (TPSA) is 26.3 Å². The zero-order chi connectivity index (χ0) is 14.7. The Kier molecular flexibility index (Phi) is 4.78. The van der Waals surface area contributed by atoms with Crippen molar-refractivity contribution in [3.05, 3.63) is 62.8 Å². The van der Waals surface area contributed by atoms with Gasteiger partial charge >= 0.3 is 0 Å². The lowest BCUT2D eigenvalue weighted by Gasteiger charge is -2.09. The smallest absolute Gasteiger partial charge is 0.171 e. The molecule has 5 heteroatoms. The molecule has 0 amide bonds. The van der Waals surface area contributed by atoms with Gasteiger partial charge in [-0.25, -0.2) is 4.39 Å². The summed E-state index contributed by atoms with van der Waals surface area (Å²) in [4.78, 5) is 12.3. The van der Waals surface area contributed by atoms with E-state index in [1.807, 2.05) is 0 Å². The maximum atomic E-state index is 13.0. The van der Waals surface area contributed by atoms with Crippen molar-refractivity contribution >= 4 is 33.3 Å². The molecular weight excluding hydrogens is 347 g/mol. The van der Waals surface area contributed by atoms with E-state index in [1.165, 1.54) is 25.3 Å². The Morgan fingerprint density at radius 2 is 2.05 bits per heavy atom. The minimum Gasteiger partial charge on any atom is -0.496 e. The van der Waals surface area contributed by atoms with E-state index in [0.717, 1.165) is 4.47 Å². The molecular formula is C15H11BrClFO2. The fraction of sp³-hybridized carbons (Fsp3) is 0.133. The first-order chi connectivity index (χ1) is 9.51. The summed E-state index contributed by atoms with van der Waals surface area (Å²) in [5.41, 5.74) is 1.05. The highest BCUT2D eigenvalue weighted by molar-refractivity contribution is 9.10. The number of hydrogen-bond donors (Lipinski definition) is 0. The molecule has 0 unspecified atom stereocenters. The fourth-order valence-electron chi connectivity index (χ4n) is 1.83. The van der Waals surface area contributed by atoms with E-state index in [9.17, 15) is 9.18 Å². The van der Waals surface area contributed by atoms with Crippen molar-refractivity contribution in [3.8, 4) is 5.75 Å². The molecule has 2 nitrogen and oxygen atoms in total. The Balaban J connectivity index is 2.28. The number of Topliss-reactive ketones (excluding diaryl/α,β-unsaturated/α-hetero) is 1. The SMILES string of the molecule is COc1cc(Br)ccc1C(=O)Cc1ccc(F)cc1Cl. The van der Waals surface area contributed by atoms with Gasteiger partial charge in [-0.05, 0) is 35.9 Å². The Morgan fingerprint density at radius 1 is 1.30 bits per heavy atom. The van der Waals surface area contributed by atoms with Crippen LogP contribution in [0.3, 0.4) is 0 Å². The maximum Gasteiger partial charge on any atom is 0.171 e. The second-order valence-corrected chi connectivity index (χ2v) is 5.50. The van der Waals surface area contributed by atoms with Gasteiger partial charge in [-0.1, -0.05) is 33.6 Å².